The number of piperidine rings is 1. The molecule has 4 rings (SSSR count). The number of pyridine rings is 1. The summed E-state index contributed by atoms with van der Waals surface area (Å²) < 4.78 is 10.9. The zero-order valence-electron chi connectivity index (χ0n) is 19.1. The Bertz CT molecular complexity index is 1090. The minimum Gasteiger partial charge on any atom is -0.497 e. The van der Waals surface area contributed by atoms with Gasteiger partial charge in [-0.2, -0.15) is 0 Å². The predicted molar refractivity (Wildman–Crippen MR) is 127 cm³/mol. The van der Waals surface area contributed by atoms with Crippen molar-refractivity contribution in [3.05, 3.63) is 65.4 Å². The molecule has 1 saturated heterocycles. The maximum atomic E-state index is 13.2. The predicted octanol–water partition coefficient (Wildman–Crippen LogP) is 4.52. The third-order valence-electron chi connectivity index (χ3n) is 6.25. The fourth-order valence-electron chi connectivity index (χ4n) is 4.49. The monoisotopic (exact) mass is 433 g/mol. The topological polar surface area (TPSA) is 63.7 Å². The van der Waals surface area contributed by atoms with Gasteiger partial charge >= 0.3 is 0 Å². The number of likely N-dealkylation sites (tertiary alicyclic amines) is 1. The summed E-state index contributed by atoms with van der Waals surface area (Å²) >= 11 is 0. The van der Waals surface area contributed by atoms with Crippen LogP contribution in [0.4, 0.5) is 0 Å². The van der Waals surface area contributed by atoms with Crippen LogP contribution in [0.5, 0.6) is 11.5 Å². The largest absolute Gasteiger partial charge is 0.497 e. The third kappa shape index (κ3) is 4.70. The van der Waals surface area contributed by atoms with Gasteiger partial charge in [-0.25, -0.2) is 0 Å². The number of hydrogen-bond donors (Lipinski definition) is 1. The van der Waals surface area contributed by atoms with Crippen LogP contribution in [0, 0.1) is 6.92 Å². The summed E-state index contributed by atoms with van der Waals surface area (Å²) in [5.41, 5.74) is 3.23. The Morgan fingerprint density at radius 2 is 1.84 bits per heavy atom. The molecule has 1 aliphatic heterocycles. The Morgan fingerprint density at radius 1 is 1.06 bits per heavy atom. The van der Waals surface area contributed by atoms with Crippen LogP contribution in [0.3, 0.4) is 0 Å². The lowest BCUT2D eigenvalue weighted by atomic mass is 10.00. The normalized spacial score (nSPS) is 15.3. The molecule has 0 radical (unpaired) electrons. The molecular weight excluding hydrogens is 402 g/mol. The number of para-hydroxylation sites is 1. The number of methoxy groups -OCH3 is 2. The van der Waals surface area contributed by atoms with Gasteiger partial charge < -0.3 is 14.8 Å². The number of carbonyl (C=O) groups excluding carboxylic acids is 1. The number of aromatic nitrogens is 1. The molecule has 0 aliphatic carbocycles. The smallest absolute Gasteiger partial charge is 0.253 e. The molecule has 6 heteroatoms. The molecule has 0 spiro atoms. The average Bonchev–Trinajstić information content (AvgIpc) is 2.84. The summed E-state index contributed by atoms with van der Waals surface area (Å²) in [7, 11) is 3.33. The molecule has 1 aromatic heterocycles. The van der Waals surface area contributed by atoms with Gasteiger partial charge in [0.05, 0.1) is 37.0 Å². The molecule has 1 fully saturated rings. The van der Waals surface area contributed by atoms with Crippen molar-refractivity contribution in [1.82, 2.24) is 15.2 Å². The SMILES string of the molecule is COc1ccc2cc(C(=O)NCC(c3ccccc3OC)N3CCCCC3)c(C)nc2c1. The van der Waals surface area contributed by atoms with E-state index in [0.717, 1.165) is 41.1 Å². The molecular formula is C26H31N3O3. The summed E-state index contributed by atoms with van der Waals surface area (Å²) in [5, 5.41) is 4.09. The number of ether oxygens (including phenoxy) is 2. The molecule has 1 unspecified atom stereocenters. The first-order valence-electron chi connectivity index (χ1n) is 11.2. The highest BCUT2D eigenvalue weighted by molar-refractivity contribution is 5.98. The number of fused-ring (bicyclic) bond motifs is 1. The molecule has 1 N–H and O–H groups in total. The van der Waals surface area contributed by atoms with E-state index < -0.39 is 0 Å². The maximum absolute atomic E-state index is 13.2. The van der Waals surface area contributed by atoms with Crippen LogP contribution in [0.25, 0.3) is 10.9 Å². The lowest BCUT2D eigenvalue weighted by molar-refractivity contribution is 0.0922. The van der Waals surface area contributed by atoms with Crippen molar-refractivity contribution in [2.75, 3.05) is 33.9 Å². The number of carbonyl (C=O) groups is 1. The van der Waals surface area contributed by atoms with Crippen LogP contribution in [0.15, 0.2) is 48.5 Å². The van der Waals surface area contributed by atoms with Gasteiger partial charge in [-0.05, 0) is 57.1 Å². The van der Waals surface area contributed by atoms with Crippen LogP contribution in [-0.2, 0) is 0 Å². The average molecular weight is 434 g/mol. The maximum Gasteiger partial charge on any atom is 0.253 e. The highest BCUT2D eigenvalue weighted by atomic mass is 16.5. The highest BCUT2D eigenvalue weighted by Gasteiger charge is 2.26. The first kappa shape index (κ1) is 22.1. The van der Waals surface area contributed by atoms with Crippen LogP contribution in [0.1, 0.15) is 46.9 Å². The van der Waals surface area contributed by atoms with Crippen LogP contribution < -0.4 is 14.8 Å². The van der Waals surface area contributed by atoms with Crippen molar-refractivity contribution in [2.45, 2.75) is 32.2 Å². The third-order valence-corrected chi connectivity index (χ3v) is 6.25. The second-order valence-electron chi connectivity index (χ2n) is 8.24. The second kappa shape index (κ2) is 10.0. The first-order valence-corrected chi connectivity index (χ1v) is 11.2. The number of nitrogens with one attached hydrogen (secondary N) is 1. The van der Waals surface area contributed by atoms with Gasteiger partial charge in [-0.3, -0.25) is 14.7 Å². The van der Waals surface area contributed by atoms with E-state index in [0.29, 0.717) is 17.8 Å². The molecule has 1 amide bonds. The molecule has 2 aromatic carbocycles. The van der Waals surface area contributed by atoms with E-state index in [1.807, 2.05) is 49.4 Å². The van der Waals surface area contributed by atoms with Crippen LogP contribution in [-0.4, -0.2) is 49.6 Å². The Morgan fingerprint density at radius 3 is 2.59 bits per heavy atom. The summed E-state index contributed by atoms with van der Waals surface area (Å²) in [6.45, 7) is 4.43. The number of benzene rings is 2. The number of amides is 1. The van der Waals surface area contributed by atoms with Gasteiger partial charge in [0.15, 0.2) is 0 Å². The van der Waals surface area contributed by atoms with E-state index in [1.54, 1.807) is 14.2 Å². The van der Waals surface area contributed by atoms with E-state index >= 15 is 0 Å². The lowest BCUT2D eigenvalue weighted by Crippen LogP contribution is -2.41. The molecule has 3 aromatic rings. The standard InChI is InChI=1S/C26H31N3O3/c1-18-22(15-19-11-12-20(31-2)16-23(19)28-18)26(30)27-17-24(29-13-7-4-8-14-29)21-9-5-6-10-25(21)32-3/h5-6,9-12,15-16,24H,4,7-8,13-14,17H2,1-3H3,(H,27,30). The molecule has 1 aliphatic rings. The van der Waals surface area contributed by atoms with Gasteiger partial charge in [-0.15, -0.1) is 0 Å². The second-order valence-corrected chi connectivity index (χ2v) is 8.24. The molecule has 32 heavy (non-hydrogen) atoms. The van der Waals surface area contributed by atoms with E-state index in [9.17, 15) is 4.79 Å². The number of aryl methyl sites for hydroxylation is 1. The Kier molecular flexibility index (Phi) is 6.90. The van der Waals surface area contributed by atoms with Gasteiger partial charge in [-0.1, -0.05) is 24.6 Å². The zero-order chi connectivity index (χ0) is 22.5. The van der Waals surface area contributed by atoms with E-state index in [4.69, 9.17) is 9.47 Å². The van der Waals surface area contributed by atoms with Gasteiger partial charge in [0.25, 0.3) is 5.91 Å². The molecule has 2 heterocycles. The van der Waals surface area contributed by atoms with Gasteiger partial charge in [0.2, 0.25) is 0 Å². The summed E-state index contributed by atoms with van der Waals surface area (Å²) in [6, 6.07) is 15.8. The van der Waals surface area contributed by atoms with Gasteiger partial charge in [0, 0.05) is 23.6 Å². The number of hydrogen-bond acceptors (Lipinski definition) is 5. The van der Waals surface area contributed by atoms with E-state index in [-0.39, 0.29) is 11.9 Å². The quantitative estimate of drug-likeness (QED) is 0.594. The zero-order valence-corrected chi connectivity index (χ0v) is 19.1. The van der Waals surface area contributed by atoms with Crippen molar-refractivity contribution < 1.29 is 14.3 Å². The molecule has 6 nitrogen and oxygen atoms in total. The first-order chi connectivity index (χ1) is 15.6. The minimum absolute atomic E-state index is 0.0633. The molecule has 1 atom stereocenters. The highest BCUT2D eigenvalue weighted by Crippen LogP contribution is 2.31. The molecule has 0 saturated carbocycles. The van der Waals surface area contributed by atoms with Crippen molar-refractivity contribution in [3.8, 4) is 11.5 Å². The fourth-order valence-corrected chi connectivity index (χ4v) is 4.49. The van der Waals surface area contributed by atoms with Crippen LogP contribution in [0.2, 0.25) is 0 Å². The van der Waals surface area contributed by atoms with Gasteiger partial charge in [0.1, 0.15) is 11.5 Å². The van der Waals surface area contributed by atoms with Crippen molar-refractivity contribution >= 4 is 16.8 Å². The Hall–Kier alpha value is -3.12. The fraction of sp³-hybridized carbons (Fsp3) is 0.385. The van der Waals surface area contributed by atoms with Crippen molar-refractivity contribution in [1.29, 1.82) is 0 Å². The Labute approximate surface area is 189 Å². The molecule has 168 valence electrons. The number of rotatable bonds is 7. The lowest BCUT2D eigenvalue weighted by Gasteiger charge is -2.35. The summed E-state index contributed by atoms with van der Waals surface area (Å²) in [6.07, 6.45) is 3.61. The molecule has 0 bridgehead atoms. The van der Waals surface area contributed by atoms with Crippen molar-refractivity contribution in [3.63, 3.8) is 0 Å². The van der Waals surface area contributed by atoms with Crippen LogP contribution >= 0.6 is 0 Å². The summed E-state index contributed by atoms with van der Waals surface area (Å²) in [5.74, 6) is 1.50. The Balaban J connectivity index is 1.57. The minimum atomic E-state index is -0.107. The van der Waals surface area contributed by atoms with Crippen molar-refractivity contribution in [2.24, 2.45) is 0 Å². The van der Waals surface area contributed by atoms with E-state index in [1.165, 1.54) is 19.3 Å². The summed E-state index contributed by atoms with van der Waals surface area (Å²) in [4.78, 5) is 20.3. The number of nitrogens with zero attached hydrogens (tertiary/aromatic N) is 2. The van der Waals surface area contributed by atoms with E-state index in [2.05, 4.69) is 21.3 Å².